The van der Waals surface area contributed by atoms with Gasteiger partial charge in [-0.05, 0) is 20.8 Å². The van der Waals surface area contributed by atoms with Gasteiger partial charge in [-0.15, -0.1) is 0 Å². The molecule has 1 atom stereocenters. The van der Waals surface area contributed by atoms with Gasteiger partial charge in [0, 0.05) is 74.9 Å². The molecular formula is C24H44FeN6O9. The van der Waals surface area contributed by atoms with Crippen molar-refractivity contribution in [2.45, 2.75) is 33.4 Å². The van der Waals surface area contributed by atoms with E-state index in [1.807, 2.05) is 5.01 Å². The molecule has 0 amide bonds. The number of ether oxygens (including phenoxy) is 3. The van der Waals surface area contributed by atoms with E-state index >= 15 is 0 Å². The molecule has 0 aromatic heterocycles. The van der Waals surface area contributed by atoms with Crippen molar-refractivity contribution in [1.29, 1.82) is 0 Å². The predicted molar refractivity (Wildman–Crippen MR) is 141 cm³/mol. The van der Waals surface area contributed by atoms with Crippen LogP contribution in [0.2, 0.25) is 0 Å². The van der Waals surface area contributed by atoms with Gasteiger partial charge in [0.05, 0.1) is 39.6 Å². The Morgan fingerprint density at radius 3 is 1.32 bits per heavy atom. The third-order valence-corrected chi connectivity index (χ3v) is 5.07. The molecule has 0 radical (unpaired) electrons. The number of nitrogens with zero attached hydrogens (tertiary/aromatic N) is 3. The number of ketones is 3. The zero-order valence-electron chi connectivity index (χ0n) is 23.4. The smallest absolute Gasteiger partial charge is 0.202 e. The maximum Gasteiger partial charge on any atom is 0.202 e. The van der Waals surface area contributed by atoms with E-state index in [9.17, 15) is 29.7 Å². The number of aliphatic hydroxyl groups is 3. The number of allylic oxidation sites excluding steroid dienone is 2. The van der Waals surface area contributed by atoms with E-state index in [4.69, 9.17) is 14.2 Å². The molecule has 16 heteroatoms. The SMILES string of the molecule is CC(=O)C=C(O)NN1CCOCC1.CC(=O)C=C(O)NN1CCOCC1.CC(=O)CC(O)NN1CCOCC1.[Fe]. The van der Waals surface area contributed by atoms with Gasteiger partial charge in [-0.2, -0.15) is 0 Å². The number of aliphatic hydroxyl groups excluding tert-OH is 3. The molecular weight excluding hydrogens is 572 g/mol. The molecule has 0 aliphatic carbocycles. The molecule has 3 fully saturated rings. The summed E-state index contributed by atoms with van der Waals surface area (Å²) in [6, 6.07) is 0. The number of hydrazine groups is 3. The quantitative estimate of drug-likeness (QED) is 0.0739. The largest absolute Gasteiger partial charge is 0.494 e. The number of morpholine rings is 3. The van der Waals surface area contributed by atoms with Crippen molar-refractivity contribution in [2.24, 2.45) is 0 Å². The number of rotatable bonds is 10. The van der Waals surface area contributed by atoms with Crippen LogP contribution in [0.4, 0.5) is 0 Å². The zero-order valence-corrected chi connectivity index (χ0v) is 24.5. The van der Waals surface area contributed by atoms with Crippen LogP contribution < -0.4 is 16.3 Å². The second kappa shape index (κ2) is 22.6. The summed E-state index contributed by atoms with van der Waals surface area (Å²) in [7, 11) is 0. The van der Waals surface area contributed by atoms with Gasteiger partial charge in [-0.25, -0.2) is 20.5 Å². The first-order chi connectivity index (χ1) is 18.5. The van der Waals surface area contributed by atoms with Crippen LogP contribution in [0.15, 0.2) is 23.9 Å². The number of nitrogens with one attached hydrogen (secondary N) is 3. The van der Waals surface area contributed by atoms with E-state index < -0.39 is 6.23 Å². The molecule has 0 saturated carbocycles. The number of Topliss-reactive ketones (excluding diaryl/α,β-unsaturated/α-hetero) is 1. The summed E-state index contributed by atoms with van der Waals surface area (Å²) in [5.74, 6) is -0.617. The molecule has 3 aliphatic rings. The molecule has 3 heterocycles. The minimum Gasteiger partial charge on any atom is -0.494 e. The van der Waals surface area contributed by atoms with E-state index in [2.05, 4.69) is 16.3 Å². The van der Waals surface area contributed by atoms with Gasteiger partial charge in [0.2, 0.25) is 11.8 Å². The Morgan fingerprint density at radius 2 is 1.02 bits per heavy atom. The minimum absolute atomic E-state index is 0. The third-order valence-electron chi connectivity index (χ3n) is 5.07. The summed E-state index contributed by atoms with van der Waals surface area (Å²) in [6.07, 6.45) is 1.68. The van der Waals surface area contributed by atoms with Crippen LogP contribution in [0, 0.1) is 0 Å². The molecule has 3 aliphatic heterocycles. The van der Waals surface area contributed by atoms with E-state index in [0.717, 1.165) is 25.2 Å². The van der Waals surface area contributed by atoms with Crippen molar-refractivity contribution in [3.63, 3.8) is 0 Å². The zero-order chi connectivity index (χ0) is 29.0. The summed E-state index contributed by atoms with van der Waals surface area (Å²) in [4.78, 5) is 31.8. The fourth-order valence-electron chi connectivity index (χ4n) is 3.35. The fourth-order valence-corrected chi connectivity index (χ4v) is 3.35. The predicted octanol–water partition coefficient (Wildman–Crippen LogP) is -1.26. The van der Waals surface area contributed by atoms with E-state index in [0.29, 0.717) is 65.8 Å². The van der Waals surface area contributed by atoms with E-state index in [1.165, 1.54) is 20.8 Å². The number of carbonyl (C=O) groups excluding carboxylic acids is 3. The van der Waals surface area contributed by atoms with Gasteiger partial charge in [0.1, 0.15) is 12.0 Å². The average molecular weight is 616 g/mol. The second-order valence-electron chi connectivity index (χ2n) is 8.85. The van der Waals surface area contributed by atoms with Crippen molar-refractivity contribution in [3.8, 4) is 0 Å². The number of carbonyl (C=O) groups is 3. The standard InChI is InChI=1S/C8H16N2O3.2C8H14N2O3.Fe/c3*1-7(11)6-8(12)9-10-2-4-13-5-3-10;/h8-9,12H,2-6H2,1H3;2*6,9,12H,2-5H2,1H3;. The first-order valence-electron chi connectivity index (χ1n) is 12.8. The summed E-state index contributed by atoms with van der Waals surface area (Å²) in [6.45, 7) is 12.4. The Bertz CT molecular complexity index is 754. The van der Waals surface area contributed by atoms with Gasteiger partial charge in [0.15, 0.2) is 11.6 Å². The molecule has 6 N–H and O–H groups in total. The Hall–Kier alpha value is -2.11. The average Bonchev–Trinajstić information content (AvgIpc) is 2.85. The monoisotopic (exact) mass is 616 g/mol. The van der Waals surface area contributed by atoms with Crippen molar-refractivity contribution in [2.75, 3.05) is 78.9 Å². The molecule has 0 spiro atoms. The van der Waals surface area contributed by atoms with Gasteiger partial charge in [0.25, 0.3) is 0 Å². The van der Waals surface area contributed by atoms with Crippen LogP contribution in [-0.2, 0) is 45.7 Å². The summed E-state index contributed by atoms with van der Waals surface area (Å²) in [5, 5.41) is 33.3. The molecule has 232 valence electrons. The van der Waals surface area contributed by atoms with Crippen LogP contribution in [0.5, 0.6) is 0 Å². The molecule has 1 unspecified atom stereocenters. The van der Waals surface area contributed by atoms with Crippen molar-refractivity contribution >= 4 is 17.3 Å². The maximum absolute atomic E-state index is 10.7. The van der Waals surface area contributed by atoms with Gasteiger partial charge >= 0.3 is 0 Å². The van der Waals surface area contributed by atoms with Crippen LogP contribution in [0.25, 0.3) is 0 Å². The Labute approximate surface area is 245 Å². The summed E-state index contributed by atoms with van der Waals surface area (Å²) < 4.78 is 15.4. The molecule has 15 nitrogen and oxygen atoms in total. The Balaban J connectivity index is 0.000000563. The second-order valence-corrected chi connectivity index (χ2v) is 8.85. The summed E-state index contributed by atoms with van der Waals surface area (Å²) in [5.41, 5.74) is 8.24. The molecule has 40 heavy (non-hydrogen) atoms. The number of hydrogen-bond acceptors (Lipinski definition) is 15. The first-order valence-corrected chi connectivity index (χ1v) is 12.8. The third kappa shape index (κ3) is 20.7. The van der Waals surface area contributed by atoms with Gasteiger partial charge in [-0.1, -0.05) is 0 Å². The van der Waals surface area contributed by atoms with Crippen molar-refractivity contribution < 1.29 is 61.0 Å². The maximum atomic E-state index is 10.7. The first kappa shape index (κ1) is 37.9. The van der Waals surface area contributed by atoms with E-state index in [-0.39, 0.29) is 52.6 Å². The summed E-state index contributed by atoms with van der Waals surface area (Å²) >= 11 is 0. The molecule has 3 rings (SSSR count). The molecule has 0 aromatic rings. The Morgan fingerprint density at radius 1 is 0.700 bits per heavy atom. The topological polar surface area (TPSA) is 185 Å². The molecule has 3 saturated heterocycles. The van der Waals surface area contributed by atoms with Gasteiger partial charge < -0.3 is 29.5 Å². The van der Waals surface area contributed by atoms with E-state index in [1.54, 1.807) is 10.0 Å². The van der Waals surface area contributed by atoms with Gasteiger partial charge in [-0.3, -0.25) is 25.2 Å². The Kier molecular flexibility index (Phi) is 21.4. The van der Waals surface area contributed by atoms with Crippen molar-refractivity contribution in [3.05, 3.63) is 23.9 Å². The fraction of sp³-hybridized carbons (Fsp3) is 0.708. The normalized spacial score (nSPS) is 19.9. The van der Waals surface area contributed by atoms with Crippen LogP contribution in [0.1, 0.15) is 27.2 Å². The molecule has 0 aromatic carbocycles. The number of hydrogen-bond donors (Lipinski definition) is 6. The minimum atomic E-state index is -0.768. The van der Waals surface area contributed by atoms with Crippen LogP contribution in [0.3, 0.4) is 0 Å². The van der Waals surface area contributed by atoms with Crippen LogP contribution in [-0.4, -0.2) is 133 Å². The van der Waals surface area contributed by atoms with Crippen molar-refractivity contribution in [1.82, 2.24) is 31.3 Å². The molecule has 0 bridgehead atoms. The van der Waals surface area contributed by atoms with Crippen LogP contribution >= 0.6 is 0 Å².